The average Bonchev–Trinajstić information content (AvgIpc) is 3.19. The number of amides is 1. The van der Waals surface area contributed by atoms with E-state index >= 15 is 0 Å². The minimum Gasteiger partial charge on any atom is -0.319 e. The van der Waals surface area contributed by atoms with Crippen LogP contribution in [-0.2, 0) is 22.9 Å². The summed E-state index contributed by atoms with van der Waals surface area (Å²) in [7, 11) is -3.29. The minimum absolute atomic E-state index is 0.136. The standard InChI is InChI=1S/C17H19ClN4O3S/c18-13-7-6-11(22-8-3-9-26(22,24)25)10-15(13)19-17(23)16-12-4-1-2-5-14(12)20-21-16/h6-7,10H,1-5,8-9H2,(H,19,23)(H,20,21). The van der Waals surface area contributed by atoms with Crippen LogP contribution in [0.3, 0.4) is 0 Å². The van der Waals surface area contributed by atoms with Crippen LogP contribution in [0.25, 0.3) is 0 Å². The minimum atomic E-state index is -3.29. The SMILES string of the molecule is O=C(Nc1cc(N2CCCS2(=O)=O)ccc1Cl)c1n[nH]c2c1CCCC2. The number of nitrogens with zero attached hydrogens (tertiary/aromatic N) is 2. The fraction of sp³-hybridized carbons (Fsp3) is 0.412. The molecule has 1 aromatic carbocycles. The van der Waals surface area contributed by atoms with Crippen molar-refractivity contribution >= 4 is 38.9 Å². The Morgan fingerprint density at radius 3 is 2.81 bits per heavy atom. The van der Waals surface area contributed by atoms with E-state index in [9.17, 15) is 13.2 Å². The first-order chi connectivity index (χ1) is 12.5. The lowest BCUT2D eigenvalue weighted by atomic mass is 9.96. The molecule has 2 N–H and O–H groups in total. The Balaban J connectivity index is 1.61. The molecule has 1 saturated heterocycles. The molecular formula is C17H19ClN4O3S. The van der Waals surface area contributed by atoms with Gasteiger partial charge in [-0.25, -0.2) is 8.42 Å². The third kappa shape index (κ3) is 3.07. The molecule has 0 radical (unpaired) electrons. The van der Waals surface area contributed by atoms with Crippen molar-refractivity contribution in [2.45, 2.75) is 32.1 Å². The normalized spacial score (nSPS) is 18.6. The van der Waals surface area contributed by atoms with E-state index in [1.807, 2.05) is 0 Å². The molecule has 9 heteroatoms. The van der Waals surface area contributed by atoms with Crippen LogP contribution >= 0.6 is 11.6 Å². The van der Waals surface area contributed by atoms with Crippen molar-refractivity contribution in [2.24, 2.45) is 0 Å². The summed E-state index contributed by atoms with van der Waals surface area (Å²) >= 11 is 6.21. The number of fused-ring (bicyclic) bond motifs is 1. The molecule has 1 fully saturated rings. The first kappa shape index (κ1) is 17.4. The van der Waals surface area contributed by atoms with Crippen molar-refractivity contribution in [3.8, 4) is 0 Å². The third-order valence-electron chi connectivity index (χ3n) is 4.86. The molecule has 1 aliphatic carbocycles. The molecule has 0 bridgehead atoms. The summed E-state index contributed by atoms with van der Waals surface area (Å²) in [4.78, 5) is 12.7. The molecule has 2 aromatic rings. The lowest BCUT2D eigenvalue weighted by Crippen LogP contribution is -2.25. The number of hydrogen-bond donors (Lipinski definition) is 2. The molecule has 2 heterocycles. The number of carbonyl (C=O) groups excluding carboxylic acids is 1. The average molecular weight is 395 g/mol. The zero-order valence-corrected chi connectivity index (χ0v) is 15.7. The monoisotopic (exact) mass is 394 g/mol. The maximum absolute atomic E-state index is 12.7. The smallest absolute Gasteiger partial charge is 0.276 e. The summed E-state index contributed by atoms with van der Waals surface area (Å²) in [6.07, 6.45) is 4.45. The van der Waals surface area contributed by atoms with Crippen LogP contribution in [0.5, 0.6) is 0 Å². The van der Waals surface area contributed by atoms with Crippen LogP contribution < -0.4 is 9.62 Å². The summed E-state index contributed by atoms with van der Waals surface area (Å²) in [5.74, 6) is -0.204. The second kappa shape index (κ2) is 6.59. The Kier molecular flexibility index (Phi) is 4.40. The molecule has 7 nitrogen and oxygen atoms in total. The van der Waals surface area contributed by atoms with Gasteiger partial charge in [0, 0.05) is 17.8 Å². The van der Waals surface area contributed by atoms with Crippen molar-refractivity contribution in [3.05, 3.63) is 40.2 Å². The van der Waals surface area contributed by atoms with Gasteiger partial charge in [0.25, 0.3) is 5.91 Å². The predicted octanol–water partition coefficient (Wildman–Crippen LogP) is 2.73. The van der Waals surface area contributed by atoms with Crippen LogP contribution in [0.15, 0.2) is 18.2 Å². The number of rotatable bonds is 3. The molecule has 0 atom stereocenters. The van der Waals surface area contributed by atoms with Crippen LogP contribution in [0.4, 0.5) is 11.4 Å². The van der Waals surface area contributed by atoms with E-state index < -0.39 is 10.0 Å². The van der Waals surface area contributed by atoms with Gasteiger partial charge in [0.2, 0.25) is 10.0 Å². The van der Waals surface area contributed by atoms with Crippen molar-refractivity contribution < 1.29 is 13.2 Å². The molecule has 1 amide bonds. The molecule has 0 unspecified atom stereocenters. The Bertz CT molecular complexity index is 970. The van der Waals surface area contributed by atoms with Gasteiger partial charge in [-0.2, -0.15) is 5.10 Å². The Morgan fingerprint density at radius 2 is 2.04 bits per heavy atom. The maximum Gasteiger partial charge on any atom is 0.276 e. The molecule has 1 aliphatic heterocycles. The van der Waals surface area contributed by atoms with E-state index in [2.05, 4.69) is 15.5 Å². The van der Waals surface area contributed by atoms with Crippen LogP contribution in [0.1, 0.15) is 41.0 Å². The fourth-order valence-electron chi connectivity index (χ4n) is 3.54. The van der Waals surface area contributed by atoms with Gasteiger partial charge < -0.3 is 5.32 Å². The molecule has 26 heavy (non-hydrogen) atoms. The van der Waals surface area contributed by atoms with Gasteiger partial charge in [-0.05, 0) is 50.3 Å². The summed E-state index contributed by atoms with van der Waals surface area (Å²) < 4.78 is 25.6. The largest absolute Gasteiger partial charge is 0.319 e. The number of benzene rings is 1. The van der Waals surface area contributed by atoms with E-state index in [4.69, 9.17) is 11.6 Å². The number of hydrogen-bond acceptors (Lipinski definition) is 4. The first-order valence-corrected chi connectivity index (χ1v) is 10.6. The summed E-state index contributed by atoms with van der Waals surface area (Å²) in [5, 5.41) is 10.2. The van der Waals surface area contributed by atoms with E-state index in [0.717, 1.165) is 36.9 Å². The van der Waals surface area contributed by atoms with Crippen LogP contribution in [-0.4, -0.2) is 36.8 Å². The number of H-pyrrole nitrogens is 1. The van der Waals surface area contributed by atoms with Gasteiger partial charge in [-0.1, -0.05) is 11.6 Å². The number of carbonyl (C=O) groups is 1. The number of anilines is 2. The molecule has 4 rings (SSSR count). The summed E-state index contributed by atoms with van der Waals surface area (Å²) in [6, 6.07) is 4.85. The highest BCUT2D eigenvalue weighted by Gasteiger charge is 2.29. The quantitative estimate of drug-likeness (QED) is 0.836. The van der Waals surface area contributed by atoms with Crippen molar-refractivity contribution in [1.29, 1.82) is 0 Å². The molecule has 138 valence electrons. The number of aromatic nitrogens is 2. The Morgan fingerprint density at radius 1 is 1.23 bits per heavy atom. The number of aryl methyl sites for hydroxylation is 1. The third-order valence-corrected chi connectivity index (χ3v) is 7.06. The van der Waals surface area contributed by atoms with Gasteiger partial charge >= 0.3 is 0 Å². The second-order valence-corrected chi connectivity index (χ2v) is 9.02. The van der Waals surface area contributed by atoms with Gasteiger partial charge in [0.15, 0.2) is 5.69 Å². The first-order valence-electron chi connectivity index (χ1n) is 8.63. The van der Waals surface area contributed by atoms with Crippen LogP contribution in [0, 0.1) is 0 Å². The van der Waals surface area contributed by atoms with Gasteiger partial charge in [0.05, 0.1) is 22.2 Å². The highest BCUT2D eigenvalue weighted by atomic mass is 35.5. The number of aromatic amines is 1. The highest BCUT2D eigenvalue weighted by molar-refractivity contribution is 7.93. The number of sulfonamides is 1. The zero-order valence-electron chi connectivity index (χ0n) is 14.1. The van der Waals surface area contributed by atoms with Crippen molar-refractivity contribution in [2.75, 3.05) is 21.9 Å². The Hall–Kier alpha value is -2.06. The molecule has 0 saturated carbocycles. The van der Waals surface area contributed by atoms with Crippen LogP contribution in [0.2, 0.25) is 5.02 Å². The van der Waals surface area contributed by atoms with E-state index in [0.29, 0.717) is 35.1 Å². The maximum atomic E-state index is 12.7. The molecule has 2 aliphatic rings. The number of nitrogens with one attached hydrogen (secondary N) is 2. The summed E-state index contributed by atoms with van der Waals surface area (Å²) in [6.45, 7) is 0.435. The number of halogens is 1. The van der Waals surface area contributed by atoms with Gasteiger partial charge in [0.1, 0.15) is 0 Å². The van der Waals surface area contributed by atoms with E-state index in [1.165, 1.54) is 4.31 Å². The second-order valence-electron chi connectivity index (χ2n) is 6.60. The lowest BCUT2D eigenvalue weighted by molar-refractivity contribution is 0.102. The van der Waals surface area contributed by atoms with Gasteiger partial charge in [-0.15, -0.1) is 0 Å². The van der Waals surface area contributed by atoms with E-state index in [1.54, 1.807) is 18.2 Å². The topological polar surface area (TPSA) is 95.2 Å². The van der Waals surface area contributed by atoms with Gasteiger partial charge in [-0.3, -0.25) is 14.2 Å². The lowest BCUT2D eigenvalue weighted by Gasteiger charge is -2.18. The van der Waals surface area contributed by atoms with E-state index in [-0.39, 0.29) is 11.7 Å². The Labute approximate surface area is 156 Å². The molecule has 0 spiro atoms. The molecular weight excluding hydrogens is 376 g/mol. The molecule has 1 aromatic heterocycles. The summed E-state index contributed by atoms with van der Waals surface area (Å²) in [5.41, 5.74) is 3.25. The highest BCUT2D eigenvalue weighted by Crippen LogP contribution is 2.32. The fourth-order valence-corrected chi connectivity index (χ4v) is 5.27. The zero-order chi connectivity index (χ0) is 18.3. The predicted molar refractivity (Wildman–Crippen MR) is 100 cm³/mol. The van der Waals surface area contributed by atoms with Crippen molar-refractivity contribution in [1.82, 2.24) is 10.2 Å². The van der Waals surface area contributed by atoms with Crippen molar-refractivity contribution in [3.63, 3.8) is 0 Å².